The van der Waals surface area contributed by atoms with Crippen LogP contribution >= 0.6 is 0 Å². The van der Waals surface area contributed by atoms with Gasteiger partial charge in [-0.15, -0.1) is 0 Å². The molecular weight excluding hydrogens is 372 g/mol. The third-order valence-corrected chi connectivity index (χ3v) is 3.88. The molecule has 28 heavy (non-hydrogen) atoms. The van der Waals surface area contributed by atoms with Gasteiger partial charge < -0.3 is 35.6 Å². The lowest BCUT2D eigenvalue weighted by Crippen LogP contribution is -2.23. The third kappa shape index (κ3) is 3.51. The van der Waals surface area contributed by atoms with Gasteiger partial charge in [-0.1, -0.05) is 6.07 Å². The molecule has 0 aliphatic heterocycles. The van der Waals surface area contributed by atoms with Crippen molar-refractivity contribution >= 4 is 23.0 Å². The van der Waals surface area contributed by atoms with Crippen molar-refractivity contribution in [2.75, 3.05) is 0 Å². The molecule has 2 aromatic carbocycles. The Morgan fingerprint density at radius 1 is 0.929 bits per heavy atom. The third-order valence-electron chi connectivity index (χ3n) is 3.88. The Labute approximate surface area is 156 Å². The molecule has 0 fully saturated rings. The molecule has 6 N–H and O–H groups in total. The van der Waals surface area contributed by atoms with Gasteiger partial charge in [-0.05, 0) is 30.3 Å². The van der Waals surface area contributed by atoms with Crippen molar-refractivity contribution in [2.24, 2.45) is 0 Å². The van der Waals surface area contributed by atoms with E-state index in [1.54, 1.807) is 0 Å². The fourth-order valence-electron chi connectivity index (χ4n) is 2.48. The largest absolute Gasteiger partial charge is 0.511 e. The van der Waals surface area contributed by atoms with Gasteiger partial charge in [0.15, 0.2) is 23.0 Å². The zero-order valence-corrected chi connectivity index (χ0v) is 14.1. The van der Waals surface area contributed by atoms with Gasteiger partial charge in [0.05, 0.1) is 0 Å². The lowest BCUT2D eigenvalue weighted by Gasteiger charge is -2.10. The number of ether oxygens (including phenoxy) is 1. The van der Waals surface area contributed by atoms with Crippen LogP contribution < -0.4 is 10.1 Å². The van der Waals surface area contributed by atoms with Crippen LogP contribution in [0.4, 0.5) is 4.79 Å². The summed E-state index contributed by atoms with van der Waals surface area (Å²) in [5.74, 6) is -3.28. The standard InChI is InChI=1S/C18H14N2O8/c21-11-5-2-9(14(22)15(11)23)7-19-17(25)10-4-1-8-3-6-12(28-18(26)27)16(24)13(8)20-10/h1-6,21-24H,7H2,(H,19,25)(H,26,27). The van der Waals surface area contributed by atoms with Crippen LogP contribution in [0.5, 0.6) is 28.7 Å². The maximum absolute atomic E-state index is 12.3. The van der Waals surface area contributed by atoms with Crippen LogP contribution in [0.2, 0.25) is 0 Å². The number of hydrogen-bond donors (Lipinski definition) is 6. The Morgan fingerprint density at radius 3 is 2.36 bits per heavy atom. The highest BCUT2D eigenvalue weighted by Crippen LogP contribution is 2.37. The van der Waals surface area contributed by atoms with E-state index >= 15 is 0 Å². The molecule has 1 heterocycles. The molecule has 1 amide bonds. The molecule has 0 atom stereocenters. The number of fused-ring (bicyclic) bond motifs is 1. The molecule has 0 saturated heterocycles. The van der Waals surface area contributed by atoms with Crippen molar-refractivity contribution in [3.05, 3.63) is 47.7 Å². The van der Waals surface area contributed by atoms with Gasteiger partial charge in [0.2, 0.25) is 5.75 Å². The summed E-state index contributed by atoms with van der Waals surface area (Å²) in [6, 6.07) is 8.10. The minimum atomic E-state index is -1.61. The van der Waals surface area contributed by atoms with Crippen molar-refractivity contribution in [2.45, 2.75) is 6.54 Å². The van der Waals surface area contributed by atoms with E-state index in [-0.39, 0.29) is 29.1 Å². The van der Waals surface area contributed by atoms with Crippen LogP contribution in [0.15, 0.2) is 36.4 Å². The molecule has 10 heteroatoms. The molecular formula is C18H14N2O8. The Bertz CT molecular complexity index is 1100. The number of amides is 1. The topological polar surface area (TPSA) is 169 Å². The molecule has 3 aromatic rings. The van der Waals surface area contributed by atoms with Crippen LogP contribution in [0.3, 0.4) is 0 Å². The number of phenols is 4. The molecule has 1 aromatic heterocycles. The number of phenolic OH excluding ortho intramolecular Hbond substituents is 4. The predicted molar refractivity (Wildman–Crippen MR) is 94.7 cm³/mol. The van der Waals surface area contributed by atoms with Gasteiger partial charge in [-0.3, -0.25) is 4.79 Å². The van der Waals surface area contributed by atoms with Gasteiger partial charge in [-0.2, -0.15) is 0 Å². The Hall–Kier alpha value is -4.21. The summed E-state index contributed by atoms with van der Waals surface area (Å²) >= 11 is 0. The fourth-order valence-corrected chi connectivity index (χ4v) is 2.48. The first-order chi connectivity index (χ1) is 13.3. The van der Waals surface area contributed by atoms with E-state index in [0.29, 0.717) is 5.39 Å². The van der Waals surface area contributed by atoms with Gasteiger partial charge >= 0.3 is 6.16 Å². The van der Waals surface area contributed by atoms with Crippen LogP contribution in [0.25, 0.3) is 10.9 Å². The van der Waals surface area contributed by atoms with Crippen molar-refractivity contribution in [1.82, 2.24) is 10.3 Å². The van der Waals surface area contributed by atoms with Crippen LogP contribution in [0, 0.1) is 0 Å². The Morgan fingerprint density at radius 2 is 1.64 bits per heavy atom. The summed E-state index contributed by atoms with van der Waals surface area (Å²) in [6.45, 7) is -0.174. The minimum absolute atomic E-state index is 0.0310. The number of benzene rings is 2. The monoisotopic (exact) mass is 386 g/mol. The quantitative estimate of drug-likeness (QED) is 0.223. The molecule has 0 spiro atoms. The van der Waals surface area contributed by atoms with Gasteiger partial charge in [0.25, 0.3) is 5.91 Å². The van der Waals surface area contributed by atoms with Crippen molar-refractivity contribution in [3.8, 4) is 28.7 Å². The molecule has 144 valence electrons. The minimum Gasteiger partial charge on any atom is -0.504 e. The van der Waals surface area contributed by atoms with Crippen molar-refractivity contribution in [1.29, 1.82) is 0 Å². The summed E-state index contributed by atoms with van der Waals surface area (Å²) in [5.41, 5.74) is 0.0405. The molecule has 0 aliphatic carbocycles. The molecule has 0 radical (unpaired) electrons. The van der Waals surface area contributed by atoms with Crippen LogP contribution in [0.1, 0.15) is 16.1 Å². The van der Waals surface area contributed by atoms with Gasteiger partial charge in [0.1, 0.15) is 11.2 Å². The number of aromatic nitrogens is 1. The molecule has 0 unspecified atom stereocenters. The summed E-state index contributed by atoms with van der Waals surface area (Å²) in [6.07, 6.45) is -1.61. The number of carboxylic acid groups (broad SMARTS) is 1. The number of carbonyl (C=O) groups excluding carboxylic acids is 1. The summed E-state index contributed by atoms with van der Waals surface area (Å²) < 4.78 is 4.45. The molecule has 10 nitrogen and oxygen atoms in total. The maximum Gasteiger partial charge on any atom is 0.511 e. The average molecular weight is 386 g/mol. The summed E-state index contributed by atoms with van der Waals surface area (Å²) in [4.78, 5) is 27.0. The first-order valence-corrected chi connectivity index (χ1v) is 7.82. The smallest absolute Gasteiger partial charge is 0.504 e. The highest BCUT2D eigenvalue weighted by molar-refractivity contribution is 5.96. The maximum atomic E-state index is 12.3. The SMILES string of the molecule is O=C(O)Oc1ccc2ccc(C(=O)NCc3ccc(O)c(O)c3O)nc2c1O. The normalized spacial score (nSPS) is 10.6. The van der Waals surface area contributed by atoms with E-state index in [4.69, 9.17) is 5.11 Å². The predicted octanol–water partition coefficient (Wildman–Crippen LogP) is 2.04. The van der Waals surface area contributed by atoms with E-state index < -0.39 is 35.1 Å². The summed E-state index contributed by atoms with van der Waals surface area (Å²) in [5, 5.41) is 50.3. The number of nitrogens with zero attached hydrogens (tertiary/aromatic N) is 1. The highest BCUT2D eigenvalue weighted by atomic mass is 16.7. The zero-order chi connectivity index (χ0) is 20.4. The van der Waals surface area contributed by atoms with E-state index in [0.717, 1.165) is 6.07 Å². The number of hydrogen-bond acceptors (Lipinski definition) is 8. The second-order valence-corrected chi connectivity index (χ2v) is 5.67. The summed E-state index contributed by atoms with van der Waals surface area (Å²) in [7, 11) is 0. The van der Waals surface area contributed by atoms with Crippen LogP contribution in [-0.2, 0) is 6.54 Å². The van der Waals surface area contributed by atoms with Gasteiger partial charge in [-0.25, -0.2) is 9.78 Å². The number of carbonyl (C=O) groups is 2. The van der Waals surface area contributed by atoms with E-state index in [9.17, 15) is 30.0 Å². The lowest BCUT2D eigenvalue weighted by molar-refractivity contribution is 0.0945. The highest BCUT2D eigenvalue weighted by Gasteiger charge is 2.16. The zero-order valence-electron chi connectivity index (χ0n) is 14.1. The van der Waals surface area contributed by atoms with E-state index in [1.807, 2.05) is 0 Å². The molecule has 0 saturated carbocycles. The van der Waals surface area contributed by atoms with Crippen molar-refractivity contribution in [3.63, 3.8) is 0 Å². The number of pyridine rings is 1. The molecule has 3 rings (SSSR count). The Balaban J connectivity index is 1.84. The second kappa shape index (κ2) is 7.19. The van der Waals surface area contributed by atoms with Gasteiger partial charge in [0, 0.05) is 17.5 Å². The second-order valence-electron chi connectivity index (χ2n) is 5.67. The first kappa shape index (κ1) is 18.6. The Kier molecular flexibility index (Phi) is 4.77. The number of nitrogens with one attached hydrogen (secondary N) is 1. The number of aromatic hydroxyl groups is 4. The first-order valence-electron chi connectivity index (χ1n) is 7.82. The fraction of sp³-hybridized carbons (Fsp3) is 0.0556. The van der Waals surface area contributed by atoms with E-state index in [1.165, 1.54) is 30.3 Å². The van der Waals surface area contributed by atoms with E-state index in [2.05, 4.69) is 15.0 Å². The number of rotatable bonds is 4. The van der Waals surface area contributed by atoms with Crippen LogP contribution in [-0.4, -0.2) is 42.6 Å². The average Bonchev–Trinajstić information content (AvgIpc) is 2.67. The molecule has 0 aliphatic rings. The molecule has 0 bridgehead atoms. The van der Waals surface area contributed by atoms with Crippen molar-refractivity contribution < 1.29 is 39.9 Å². The lowest BCUT2D eigenvalue weighted by atomic mass is 10.1.